The molecule has 6 nitrogen and oxygen atoms in total. The molecule has 0 spiro atoms. The number of aromatic nitrogens is 2. The summed E-state index contributed by atoms with van der Waals surface area (Å²) in [6.45, 7) is 5.11. The van der Waals surface area contributed by atoms with Gasteiger partial charge in [0.1, 0.15) is 5.75 Å². The molecule has 0 saturated carbocycles. The molecule has 0 aliphatic heterocycles. The van der Waals surface area contributed by atoms with Gasteiger partial charge in [-0.15, -0.1) is 0 Å². The summed E-state index contributed by atoms with van der Waals surface area (Å²) in [4.78, 5) is 14.1. The Kier molecular flexibility index (Phi) is 6.81. The summed E-state index contributed by atoms with van der Waals surface area (Å²) >= 11 is 0. The molecule has 1 aromatic heterocycles. The van der Waals surface area contributed by atoms with Crippen LogP contribution in [0.4, 0.5) is 0 Å². The van der Waals surface area contributed by atoms with Gasteiger partial charge >= 0.3 is 0 Å². The topological polar surface area (TPSA) is 59.4 Å². The maximum Gasteiger partial charge on any atom is 0.224 e. The number of hydrogen-bond acceptors (Lipinski definition) is 4. The standard InChI is InChI=1S/C18H26N4O2/c1-4-22-14-16(12-20-22)11-18(23)19-9-10-21(2)13-15-5-7-17(24-3)8-6-15/h5-8,12,14H,4,9-11,13H2,1-3H3,(H,19,23). The van der Waals surface area contributed by atoms with Crippen molar-refractivity contribution in [3.63, 3.8) is 0 Å². The summed E-state index contributed by atoms with van der Waals surface area (Å²) in [6, 6.07) is 8.03. The van der Waals surface area contributed by atoms with Gasteiger partial charge in [-0.2, -0.15) is 5.10 Å². The molecule has 1 amide bonds. The molecule has 24 heavy (non-hydrogen) atoms. The molecule has 0 radical (unpaired) electrons. The molecule has 1 aromatic carbocycles. The predicted molar refractivity (Wildman–Crippen MR) is 93.9 cm³/mol. The molecule has 0 unspecified atom stereocenters. The Morgan fingerprint density at radius 3 is 2.67 bits per heavy atom. The molecule has 0 saturated heterocycles. The lowest BCUT2D eigenvalue weighted by Gasteiger charge is -2.17. The Morgan fingerprint density at radius 1 is 1.29 bits per heavy atom. The highest BCUT2D eigenvalue weighted by molar-refractivity contribution is 5.78. The number of nitrogens with one attached hydrogen (secondary N) is 1. The number of benzene rings is 1. The number of methoxy groups -OCH3 is 1. The van der Waals surface area contributed by atoms with Crippen LogP contribution in [0.3, 0.4) is 0 Å². The SMILES string of the molecule is CCn1cc(CC(=O)NCCN(C)Cc2ccc(OC)cc2)cn1. The van der Waals surface area contributed by atoms with Crippen LogP contribution in [0.1, 0.15) is 18.1 Å². The van der Waals surface area contributed by atoms with Gasteiger partial charge in [0.25, 0.3) is 0 Å². The van der Waals surface area contributed by atoms with Crippen molar-refractivity contribution >= 4 is 5.91 Å². The van der Waals surface area contributed by atoms with E-state index in [2.05, 4.69) is 27.4 Å². The predicted octanol–water partition coefficient (Wildman–Crippen LogP) is 1.70. The van der Waals surface area contributed by atoms with Crippen molar-refractivity contribution in [2.45, 2.75) is 26.4 Å². The first-order chi connectivity index (χ1) is 11.6. The smallest absolute Gasteiger partial charge is 0.224 e. The lowest BCUT2D eigenvalue weighted by Crippen LogP contribution is -2.33. The van der Waals surface area contributed by atoms with Crippen molar-refractivity contribution in [3.8, 4) is 5.75 Å². The van der Waals surface area contributed by atoms with E-state index in [1.807, 2.05) is 37.0 Å². The largest absolute Gasteiger partial charge is 0.497 e. The van der Waals surface area contributed by atoms with Crippen molar-refractivity contribution in [1.29, 1.82) is 0 Å². The summed E-state index contributed by atoms with van der Waals surface area (Å²) < 4.78 is 6.98. The van der Waals surface area contributed by atoms with E-state index in [0.29, 0.717) is 13.0 Å². The van der Waals surface area contributed by atoms with Crippen LogP contribution in [0.5, 0.6) is 5.75 Å². The van der Waals surface area contributed by atoms with Crippen molar-refractivity contribution in [3.05, 3.63) is 47.8 Å². The van der Waals surface area contributed by atoms with Gasteiger partial charge in [-0.1, -0.05) is 12.1 Å². The van der Waals surface area contributed by atoms with Gasteiger partial charge in [0.15, 0.2) is 0 Å². The summed E-state index contributed by atoms with van der Waals surface area (Å²) in [5, 5.41) is 7.13. The summed E-state index contributed by atoms with van der Waals surface area (Å²) in [7, 11) is 3.71. The number of likely N-dealkylation sites (N-methyl/N-ethyl adjacent to an activating group) is 1. The highest BCUT2D eigenvalue weighted by atomic mass is 16.5. The minimum atomic E-state index is 0.0310. The second kappa shape index (κ2) is 9.08. The molecule has 130 valence electrons. The number of carbonyl (C=O) groups is 1. The third-order valence-electron chi connectivity index (χ3n) is 3.80. The molecule has 0 aliphatic carbocycles. The van der Waals surface area contributed by atoms with Crippen LogP contribution in [0.2, 0.25) is 0 Å². The van der Waals surface area contributed by atoms with E-state index in [-0.39, 0.29) is 5.91 Å². The van der Waals surface area contributed by atoms with Gasteiger partial charge < -0.3 is 15.0 Å². The monoisotopic (exact) mass is 330 g/mol. The summed E-state index contributed by atoms with van der Waals surface area (Å²) in [5.74, 6) is 0.892. The van der Waals surface area contributed by atoms with Crippen LogP contribution >= 0.6 is 0 Å². The number of rotatable bonds is 9. The molecule has 2 aromatic rings. The van der Waals surface area contributed by atoms with Crippen LogP contribution in [0, 0.1) is 0 Å². The van der Waals surface area contributed by atoms with Crippen molar-refractivity contribution in [2.75, 3.05) is 27.2 Å². The van der Waals surface area contributed by atoms with Crippen molar-refractivity contribution in [1.82, 2.24) is 20.0 Å². The van der Waals surface area contributed by atoms with Gasteiger partial charge in [-0.3, -0.25) is 9.48 Å². The first kappa shape index (κ1) is 18.0. The second-order valence-corrected chi connectivity index (χ2v) is 5.82. The molecular weight excluding hydrogens is 304 g/mol. The zero-order valence-corrected chi connectivity index (χ0v) is 14.7. The molecule has 0 bridgehead atoms. The summed E-state index contributed by atoms with van der Waals surface area (Å²) in [5.41, 5.74) is 2.16. The van der Waals surface area contributed by atoms with E-state index in [0.717, 1.165) is 30.9 Å². The molecule has 1 heterocycles. The molecule has 0 atom stereocenters. The zero-order valence-electron chi connectivity index (χ0n) is 14.7. The Morgan fingerprint density at radius 2 is 2.04 bits per heavy atom. The fraction of sp³-hybridized carbons (Fsp3) is 0.444. The molecule has 6 heteroatoms. The second-order valence-electron chi connectivity index (χ2n) is 5.82. The minimum absolute atomic E-state index is 0.0310. The van der Waals surface area contributed by atoms with Gasteiger partial charge in [0, 0.05) is 32.4 Å². The van der Waals surface area contributed by atoms with Crippen LogP contribution in [0.15, 0.2) is 36.7 Å². The fourth-order valence-electron chi connectivity index (χ4n) is 2.43. The Bertz CT molecular complexity index is 637. The van der Waals surface area contributed by atoms with E-state index >= 15 is 0 Å². The van der Waals surface area contributed by atoms with Crippen molar-refractivity contribution in [2.24, 2.45) is 0 Å². The Labute approximate surface area is 143 Å². The maximum absolute atomic E-state index is 11.9. The van der Waals surface area contributed by atoms with E-state index in [9.17, 15) is 4.79 Å². The number of hydrogen-bond donors (Lipinski definition) is 1. The molecular formula is C18H26N4O2. The highest BCUT2D eigenvalue weighted by Gasteiger charge is 2.06. The Balaban J connectivity index is 1.67. The average molecular weight is 330 g/mol. The van der Waals surface area contributed by atoms with Crippen LogP contribution in [-0.2, 0) is 24.3 Å². The van der Waals surface area contributed by atoms with Crippen LogP contribution in [-0.4, -0.2) is 47.8 Å². The number of ether oxygens (including phenoxy) is 1. The molecule has 0 aliphatic rings. The minimum Gasteiger partial charge on any atom is -0.497 e. The lowest BCUT2D eigenvalue weighted by molar-refractivity contribution is -0.120. The quantitative estimate of drug-likeness (QED) is 0.760. The number of amides is 1. The fourth-order valence-corrected chi connectivity index (χ4v) is 2.43. The van der Waals surface area contributed by atoms with Crippen molar-refractivity contribution < 1.29 is 9.53 Å². The molecule has 2 rings (SSSR count). The normalized spacial score (nSPS) is 10.8. The van der Waals surface area contributed by atoms with E-state index in [1.165, 1.54) is 5.56 Å². The first-order valence-corrected chi connectivity index (χ1v) is 8.20. The average Bonchev–Trinajstić information content (AvgIpc) is 3.03. The first-order valence-electron chi connectivity index (χ1n) is 8.20. The summed E-state index contributed by atoms with van der Waals surface area (Å²) in [6.07, 6.45) is 4.04. The van der Waals surface area contributed by atoms with Gasteiger partial charge in [0.2, 0.25) is 5.91 Å². The van der Waals surface area contributed by atoms with Gasteiger partial charge in [0.05, 0.1) is 19.7 Å². The van der Waals surface area contributed by atoms with E-state index in [1.54, 1.807) is 13.3 Å². The third-order valence-corrected chi connectivity index (χ3v) is 3.80. The van der Waals surface area contributed by atoms with Crippen LogP contribution in [0.25, 0.3) is 0 Å². The number of nitrogens with zero attached hydrogens (tertiary/aromatic N) is 3. The van der Waals surface area contributed by atoms with E-state index < -0.39 is 0 Å². The highest BCUT2D eigenvalue weighted by Crippen LogP contribution is 2.12. The lowest BCUT2D eigenvalue weighted by atomic mass is 10.2. The maximum atomic E-state index is 11.9. The number of aryl methyl sites for hydroxylation is 1. The molecule has 1 N–H and O–H groups in total. The Hall–Kier alpha value is -2.34. The number of carbonyl (C=O) groups excluding carboxylic acids is 1. The zero-order chi connectivity index (χ0) is 17.4. The van der Waals surface area contributed by atoms with E-state index in [4.69, 9.17) is 4.74 Å². The van der Waals surface area contributed by atoms with Crippen LogP contribution < -0.4 is 10.1 Å². The molecule has 0 fully saturated rings. The third kappa shape index (κ3) is 5.70. The van der Waals surface area contributed by atoms with Gasteiger partial charge in [-0.05, 0) is 37.2 Å². The van der Waals surface area contributed by atoms with Gasteiger partial charge in [-0.25, -0.2) is 0 Å².